The number of thiazole rings is 1. The number of hydrogen-bond acceptors (Lipinski definition) is 5. The first-order chi connectivity index (χ1) is 13.7. The fourth-order valence-electron chi connectivity index (χ4n) is 3.33. The van der Waals surface area contributed by atoms with E-state index in [1.165, 1.54) is 17.0 Å². The molecule has 0 atom stereocenters. The summed E-state index contributed by atoms with van der Waals surface area (Å²) in [6.07, 6.45) is 0. The van der Waals surface area contributed by atoms with Crippen LogP contribution in [-0.2, 0) is 0 Å². The van der Waals surface area contributed by atoms with Crippen LogP contribution < -0.4 is 9.64 Å². The van der Waals surface area contributed by atoms with E-state index >= 15 is 0 Å². The molecule has 1 fully saturated rings. The van der Waals surface area contributed by atoms with Crippen LogP contribution in [0.3, 0.4) is 0 Å². The van der Waals surface area contributed by atoms with Gasteiger partial charge in [-0.05, 0) is 43.3 Å². The predicted octanol–water partition coefficient (Wildman–Crippen LogP) is 4.17. The first kappa shape index (κ1) is 18.5. The second-order valence-corrected chi connectivity index (χ2v) is 7.47. The molecule has 144 valence electrons. The van der Waals surface area contributed by atoms with Crippen molar-refractivity contribution in [2.75, 3.05) is 37.7 Å². The van der Waals surface area contributed by atoms with Crippen molar-refractivity contribution in [2.24, 2.45) is 0 Å². The van der Waals surface area contributed by atoms with Crippen LogP contribution in [0.1, 0.15) is 17.4 Å². The number of nitrogens with zero attached hydrogens (tertiary/aromatic N) is 3. The van der Waals surface area contributed by atoms with Crippen LogP contribution in [0.5, 0.6) is 5.75 Å². The second kappa shape index (κ2) is 8.44. The summed E-state index contributed by atoms with van der Waals surface area (Å²) >= 11 is 1.50. The van der Waals surface area contributed by atoms with E-state index in [4.69, 9.17) is 4.74 Å². The fourth-order valence-corrected chi connectivity index (χ4v) is 4.13. The van der Waals surface area contributed by atoms with Crippen molar-refractivity contribution >= 4 is 22.9 Å². The lowest BCUT2D eigenvalue weighted by atomic mass is 10.2. The molecule has 28 heavy (non-hydrogen) atoms. The summed E-state index contributed by atoms with van der Waals surface area (Å²) < 4.78 is 5.48. The first-order valence-electron chi connectivity index (χ1n) is 9.52. The highest BCUT2D eigenvalue weighted by Crippen LogP contribution is 2.26. The molecule has 3 aromatic rings. The van der Waals surface area contributed by atoms with Gasteiger partial charge in [-0.2, -0.15) is 0 Å². The minimum Gasteiger partial charge on any atom is -0.494 e. The zero-order valence-corrected chi connectivity index (χ0v) is 16.7. The van der Waals surface area contributed by atoms with E-state index in [-0.39, 0.29) is 5.91 Å². The maximum absolute atomic E-state index is 12.9. The van der Waals surface area contributed by atoms with E-state index in [2.05, 4.69) is 22.0 Å². The molecule has 1 aliphatic heterocycles. The Hall–Kier alpha value is -2.86. The van der Waals surface area contributed by atoms with E-state index < -0.39 is 0 Å². The largest absolute Gasteiger partial charge is 0.494 e. The van der Waals surface area contributed by atoms with Gasteiger partial charge < -0.3 is 14.5 Å². The van der Waals surface area contributed by atoms with Crippen molar-refractivity contribution < 1.29 is 9.53 Å². The van der Waals surface area contributed by atoms with Gasteiger partial charge in [0.2, 0.25) is 0 Å². The Labute approximate surface area is 169 Å². The molecule has 0 bridgehead atoms. The monoisotopic (exact) mass is 393 g/mol. The zero-order chi connectivity index (χ0) is 19.3. The van der Waals surface area contributed by atoms with Crippen molar-refractivity contribution in [3.05, 3.63) is 65.7 Å². The van der Waals surface area contributed by atoms with Gasteiger partial charge in [-0.25, -0.2) is 4.98 Å². The molecule has 5 nitrogen and oxygen atoms in total. The number of carbonyl (C=O) groups is 1. The molecule has 1 aliphatic rings. The first-order valence-corrected chi connectivity index (χ1v) is 10.4. The molecule has 0 spiro atoms. The van der Waals surface area contributed by atoms with Gasteiger partial charge in [-0.15, -0.1) is 11.3 Å². The number of ether oxygens (including phenoxy) is 1. The van der Waals surface area contributed by atoms with Crippen LogP contribution in [0.4, 0.5) is 5.69 Å². The molecule has 0 N–H and O–H groups in total. The third-order valence-corrected chi connectivity index (χ3v) is 5.72. The molecular weight excluding hydrogens is 370 g/mol. The van der Waals surface area contributed by atoms with Crippen LogP contribution in [0.25, 0.3) is 10.6 Å². The van der Waals surface area contributed by atoms with Crippen molar-refractivity contribution in [3.8, 4) is 16.3 Å². The van der Waals surface area contributed by atoms with Gasteiger partial charge in [0.1, 0.15) is 16.5 Å². The minimum absolute atomic E-state index is 0.0150. The summed E-state index contributed by atoms with van der Waals surface area (Å²) in [7, 11) is 0. The SMILES string of the molecule is CCOc1ccc(-c2nc(C(=O)N3CCN(c4ccccc4)CC3)cs2)cc1. The number of anilines is 1. The summed E-state index contributed by atoms with van der Waals surface area (Å²) in [6, 6.07) is 18.2. The van der Waals surface area contributed by atoms with E-state index in [9.17, 15) is 4.79 Å². The van der Waals surface area contributed by atoms with Crippen molar-refractivity contribution in [3.63, 3.8) is 0 Å². The van der Waals surface area contributed by atoms with Gasteiger partial charge in [0.15, 0.2) is 0 Å². The number of rotatable bonds is 5. The lowest BCUT2D eigenvalue weighted by Crippen LogP contribution is -2.48. The Kier molecular flexibility index (Phi) is 5.58. The van der Waals surface area contributed by atoms with Crippen molar-refractivity contribution in [1.82, 2.24) is 9.88 Å². The Morgan fingerprint density at radius 3 is 2.43 bits per heavy atom. The number of amides is 1. The molecule has 4 rings (SSSR count). The Balaban J connectivity index is 1.39. The minimum atomic E-state index is 0.0150. The third-order valence-electron chi connectivity index (χ3n) is 4.82. The van der Waals surface area contributed by atoms with Crippen molar-refractivity contribution in [1.29, 1.82) is 0 Å². The molecule has 2 heterocycles. The maximum Gasteiger partial charge on any atom is 0.273 e. The third kappa shape index (κ3) is 4.02. The topological polar surface area (TPSA) is 45.7 Å². The van der Waals surface area contributed by atoms with E-state index in [1.54, 1.807) is 0 Å². The Bertz CT molecular complexity index is 916. The molecule has 1 amide bonds. The normalized spacial score (nSPS) is 14.2. The quantitative estimate of drug-likeness (QED) is 0.653. The van der Waals surface area contributed by atoms with Gasteiger partial charge in [0, 0.05) is 42.8 Å². The molecule has 0 saturated carbocycles. The van der Waals surface area contributed by atoms with E-state index in [0.29, 0.717) is 25.4 Å². The summed E-state index contributed by atoms with van der Waals surface area (Å²) in [5.74, 6) is 0.858. The number of hydrogen-bond donors (Lipinski definition) is 0. The summed E-state index contributed by atoms with van der Waals surface area (Å²) in [6.45, 7) is 5.71. The van der Waals surface area contributed by atoms with Gasteiger partial charge >= 0.3 is 0 Å². The number of aromatic nitrogens is 1. The average Bonchev–Trinajstić information content (AvgIpc) is 3.25. The molecule has 2 aromatic carbocycles. The van der Waals surface area contributed by atoms with Crippen molar-refractivity contribution in [2.45, 2.75) is 6.92 Å². The Morgan fingerprint density at radius 2 is 1.75 bits per heavy atom. The molecule has 6 heteroatoms. The smallest absolute Gasteiger partial charge is 0.273 e. The van der Waals surface area contributed by atoms with Crippen LogP contribution >= 0.6 is 11.3 Å². The van der Waals surface area contributed by atoms with Gasteiger partial charge in [0.25, 0.3) is 5.91 Å². The molecule has 1 saturated heterocycles. The van der Waals surface area contributed by atoms with Gasteiger partial charge in [0.05, 0.1) is 6.61 Å². The zero-order valence-electron chi connectivity index (χ0n) is 15.9. The van der Waals surface area contributed by atoms with Crippen LogP contribution in [0.2, 0.25) is 0 Å². The lowest BCUT2D eigenvalue weighted by Gasteiger charge is -2.35. The summed E-state index contributed by atoms with van der Waals surface area (Å²) in [5.41, 5.74) is 2.74. The predicted molar refractivity (Wildman–Crippen MR) is 113 cm³/mol. The van der Waals surface area contributed by atoms with Crippen LogP contribution in [0.15, 0.2) is 60.0 Å². The number of piperazine rings is 1. The Morgan fingerprint density at radius 1 is 1.04 bits per heavy atom. The van der Waals surface area contributed by atoms with E-state index in [1.807, 2.05) is 59.7 Å². The highest BCUT2D eigenvalue weighted by molar-refractivity contribution is 7.13. The molecule has 1 aromatic heterocycles. The average molecular weight is 394 g/mol. The summed E-state index contributed by atoms with van der Waals surface area (Å²) in [5, 5.41) is 2.71. The molecule has 0 radical (unpaired) electrons. The van der Waals surface area contributed by atoms with Crippen LogP contribution in [-0.4, -0.2) is 48.6 Å². The highest BCUT2D eigenvalue weighted by atomic mass is 32.1. The van der Waals surface area contributed by atoms with Gasteiger partial charge in [-0.3, -0.25) is 4.79 Å². The second-order valence-electron chi connectivity index (χ2n) is 6.61. The van der Waals surface area contributed by atoms with E-state index in [0.717, 1.165) is 29.4 Å². The maximum atomic E-state index is 12.9. The summed E-state index contributed by atoms with van der Waals surface area (Å²) in [4.78, 5) is 21.7. The molecular formula is C22H23N3O2S. The number of carbonyl (C=O) groups excluding carboxylic acids is 1. The number of benzene rings is 2. The molecule has 0 aliphatic carbocycles. The number of para-hydroxylation sites is 1. The highest BCUT2D eigenvalue weighted by Gasteiger charge is 2.24. The standard InChI is InChI=1S/C22H23N3O2S/c1-2-27-19-10-8-17(9-11-19)21-23-20(16-28-21)22(26)25-14-12-24(13-15-25)18-6-4-3-5-7-18/h3-11,16H,2,12-15H2,1H3. The molecule has 0 unspecified atom stereocenters. The fraction of sp³-hybridized carbons (Fsp3) is 0.273. The van der Waals surface area contributed by atoms with Gasteiger partial charge in [-0.1, -0.05) is 18.2 Å². The lowest BCUT2D eigenvalue weighted by molar-refractivity contribution is 0.0742. The van der Waals surface area contributed by atoms with Crippen LogP contribution in [0, 0.1) is 0 Å².